The first-order valence-corrected chi connectivity index (χ1v) is 10.0. The van der Waals surface area contributed by atoms with Crippen LogP contribution in [0, 0.1) is 0 Å². The number of nitrogens with zero attached hydrogens (tertiary/aromatic N) is 2. The maximum Gasteiger partial charge on any atom is 0.359 e. The number of esters is 1. The Balaban J connectivity index is 1.87. The molecule has 0 aliphatic heterocycles. The highest BCUT2D eigenvalue weighted by atomic mass is 16.5. The summed E-state index contributed by atoms with van der Waals surface area (Å²) in [5.41, 5.74) is 0.597. The summed E-state index contributed by atoms with van der Waals surface area (Å²) in [7, 11) is 0. The quantitative estimate of drug-likeness (QED) is 0.580. The number of amides is 1. The number of nitrogens with one attached hydrogen (secondary N) is 1. The first-order chi connectivity index (χ1) is 14.5. The molecule has 0 atom stereocenters. The fourth-order valence-corrected chi connectivity index (χ4v) is 3.21. The summed E-state index contributed by atoms with van der Waals surface area (Å²) < 4.78 is 6.45. The van der Waals surface area contributed by atoms with Crippen molar-refractivity contribution in [2.45, 2.75) is 39.3 Å². The molecular formula is C23H25N3O4. The van der Waals surface area contributed by atoms with Crippen LogP contribution in [-0.4, -0.2) is 34.3 Å². The van der Waals surface area contributed by atoms with Gasteiger partial charge in [-0.2, -0.15) is 5.10 Å². The van der Waals surface area contributed by atoms with Gasteiger partial charge in [0.25, 0.3) is 11.5 Å². The largest absolute Gasteiger partial charge is 0.451 e. The lowest BCUT2D eigenvalue weighted by Crippen LogP contribution is -2.37. The Morgan fingerprint density at radius 1 is 1.00 bits per heavy atom. The van der Waals surface area contributed by atoms with E-state index in [0.29, 0.717) is 10.8 Å². The molecule has 0 saturated heterocycles. The van der Waals surface area contributed by atoms with Gasteiger partial charge in [-0.05, 0) is 24.5 Å². The Hall–Kier alpha value is -3.48. The van der Waals surface area contributed by atoms with E-state index >= 15 is 0 Å². The molecule has 1 N–H and O–H groups in total. The van der Waals surface area contributed by atoms with Crippen molar-refractivity contribution in [2.24, 2.45) is 0 Å². The molecule has 7 heteroatoms. The van der Waals surface area contributed by atoms with Gasteiger partial charge in [-0.3, -0.25) is 9.59 Å². The van der Waals surface area contributed by atoms with Gasteiger partial charge in [0.05, 0.1) is 11.9 Å². The lowest BCUT2D eigenvalue weighted by atomic mass is 10.1. The summed E-state index contributed by atoms with van der Waals surface area (Å²) >= 11 is 0. The van der Waals surface area contributed by atoms with Gasteiger partial charge in [-0.1, -0.05) is 62.4 Å². The van der Waals surface area contributed by atoms with Crippen molar-refractivity contribution < 1.29 is 14.3 Å². The highest BCUT2D eigenvalue weighted by molar-refractivity contribution is 6.02. The Labute approximate surface area is 174 Å². The molecule has 0 spiro atoms. The van der Waals surface area contributed by atoms with E-state index in [4.69, 9.17) is 4.74 Å². The fraction of sp³-hybridized carbons (Fsp3) is 0.304. The van der Waals surface area contributed by atoms with Gasteiger partial charge in [0.15, 0.2) is 12.3 Å². The molecule has 3 aromatic rings. The molecule has 2 aromatic carbocycles. The number of aromatic nitrogens is 2. The number of carbonyl (C=O) groups excluding carboxylic acids is 2. The van der Waals surface area contributed by atoms with Crippen molar-refractivity contribution in [3.8, 4) is 0 Å². The number of fused-ring (bicyclic) bond motifs is 1. The Bertz CT molecular complexity index is 1090. The second-order valence-corrected chi connectivity index (χ2v) is 7.00. The lowest BCUT2D eigenvalue weighted by molar-refractivity contribution is -0.125. The van der Waals surface area contributed by atoms with Crippen molar-refractivity contribution in [3.63, 3.8) is 0 Å². The van der Waals surface area contributed by atoms with E-state index in [1.54, 1.807) is 24.3 Å². The van der Waals surface area contributed by atoms with Crippen molar-refractivity contribution in [1.82, 2.24) is 15.1 Å². The second kappa shape index (κ2) is 9.82. The molecule has 1 aromatic heterocycles. The summed E-state index contributed by atoms with van der Waals surface area (Å²) in [5, 5.41) is 7.86. The maximum atomic E-state index is 12.8. The predicted molar refractivity (Wildman–Crippen MR) is 114 cm³/mol. The van der Waals surface area contributed by atoms with Crippen LogP contribution in [0.3, 0.4) is 0 Å². The van der Waals surface area contributed by atoms with Crippen LogP contribution in [0.15, 0.2) is 59.4 Å². The van der Waals surface area contributed by atoms with Gasteiger partial charge in [0, 0.05) is 11.4 Å². The third-order valence-electron chi connectivity index (χ3n) is 4.92. The molecule has 7 nitrogen and oxygen atoms in total. The Morgan fingerprint density at radius 2 is 1.63 bits per heavy atom. The SMILES string of the molecule is CCC(CC)NC(=O)COC(=O)c1nn(Cc2ccccc2)c(=O)c2ccccc12. The molecule has 0 aliphatic carbocycles. The summed E-state index contributed by atoms with van der Waals surface area (Å²) in [5.74, 6) is -1.10. The number of hydrogen-bond acceptors (Lipinski definition) is 5. The van der Waals surface area contributed by atoms with E-state index < -0.39 is 12.6 Å². The minimum atomic E-state index is -0.743. The van der Waals surface area contributed by atoms with Gasteiger partial charge < -0.3 is 10.1 Å². The van der Waals surface area contributed by atoms with Crippen LogP contribution >= 0.6 is 0 Å². The van der Waals surface area contributed by atoms with Crippen LogP contribution in [0.1, 0.15) is 42.7 Å². The first-order valence-electron chi connectivity index (χ1n) is 10.0. The number of benzene rings is 2. The number of hydrogen-bond donors (Lipinski definition) is 1. The minimum absolute atomic E-state index is 0.0106. The third kappa shape index (κ3) is 4.92. The molecule has 0 radical (unpaired) electrons. The summed E-state index contributed by atoms with van der Waals surface area (Å²) in [6.07, 6.45) is 1.60. The third-order valence-corrected chi connectivity index (χ3v) is 4.92. The van der Waals surface area contributed by atoms with E-state index in [0.717, 1.165) is 18.4 Å². The van der Waals surface area contributed by atoms with E-state index in [9.17, 15) is 14.4 Å². The average Bonchev–Trinajstić information content (AvgIpc) is 2.78. The molecular weight excluding hydrogens is 382 g/mol. The molecule has 3 rings (SSSR count). The summed E-state index contributed by atoms with van der Waals surface area (Å²) in [4.78, 5) is 37.6. The highest BCUT2D eigenvalue weighted by Gasteiger charge is 2.19. The van der Waals surface area contributed by atoms with E-state index in [1.165, 1.54) is 4.68 Å². The zero-order valence-electron chi connectivity index (χ0n) is 17.1. The molecule has 30 heavy (non-hydrogen) atoms. The van der Waals surface area contributed by atoms with Crippen LogP contribution < -0.4 is 10.9 Å². The van der Waals surface area contributed by atoms with Crippen molar-refractivity contribution in [3.05, 3.63) is 76.2 Å². The summed E-state index contributed by atoms with van der Waals surface area (Å²) in [6.45, 7) is 3.78. The standard InChI is InChI=1S/C23H25N3O4/c1-3-17(4-2)24-20(27)15-30-23(29)21-18-12-8-9-13-19(18)22(28)26(25-21)14-16-10-6-5-7-11-16/h5-13,17H,3-4,14-15H2,1-2H3,(H,24,27). The minimum Gasteiger partial charge on any atom is -0.451 e. The van der Waals surface area contributed by atoms with Crippen molar-refractivity contribution in [1.29, 1.82) is 0 Å². The molecule has 0 fully saturated rings. The fourth-order valence-electron chi connectivity index (χ4n) is 3.21. The average molecular weight is 407 g/mol. The smallest absolute Gasteiger partial charge is 0.359 e. The van der Waals surface area contributed by atoms with Crippen LogP contribution in [0.25, 0.3) is 10.8 Å². The zero-order chi connectivity index (χ0) is 21.5. The van der Waals surface area contributed by atoms with Gasteiger partial charge in [-0.25, -0.2) is 9.48 Å². The van der Waals surface area contributed by atoms with E-state index in [2.05, 4.69) is 10.4 Å². The summed E-state index contributed by atoms with van der Waals surface area (Å²) in [6, 6.07) is 16.2. The molecule has 1 amide bonds. The second-order valence-electron chi connectivity index (χ2n) is 7.00. The Morgan fingerprint density at radius 3 is 2.30 bits per heavy atom. The monoisotopic (exact) mass is 407 g/mol. The Kier molecular flexibility index (Phi) is 6.95. The maximum absolute atomic E-state index is 12.8. The zero-order valence-corrected chi connectivity index (χ0v) is 17.1. The van der Waals surface area contributed by atoms with Gasteiger partial charge >= 0.3 is 5.97 Å². The van der Waals surface area contributed by atoms with Gasteiger partial charge in [-0.15, -0.1) is 0 Å². The van der Waals surface area contributed by atoms with Crippen LogP contribution in [-0.2, 0) is 16.1 Å². The van der Waals surface area contributed by atoms with Crippen LogP contribution in [0.2, 0.25) is 0 Å². The lowest BCUT2D eigenvalue weighted by Gasteiger charge is -2.15. The molecule has 156 valence electrons. The number of rotatable bonds is 8. The van der Waals surface area contributed by atoms with Crippen molar-refractivity contribution >= 4 is 22.6 Å². The van der Waals surface area contributed by atoms with E-state index in [-0.39, 0.29) is 29.7 Å². The molecule has 0 aliphatic rings. The van der Waals surface area contributed by atoms with Crippen LogP contribution in [0.5, 0.6) is 0 Å². The van der Waals surface area contributed by atoms with Gasteiger partial charge in [0.1, 0.15) is 0 Å². The molecule has 1 heterocycles. The molecule has 0 unspecified atom stereocenters. The topological polar surface area (TPSA) is 90.3 Å². The molecule has 0 bridgehead atoms. The first kappa shape index (κ1) is 21.2. The van der Waals surface area contributed by atoms with Crippen LogP contribution in [0.4, 0.5) is 0 Å². The van der Waals surface area contributed by atoms with Gasteiger partial charge in [0.2, 0.25) is 0 Å². The molecule has 0 saturated carbocycles. The number of ether oxygens (including phenoxy) is 1. The van der Waals surface area contributed by atoms with Crippen molar-refractivity contribution in [2.75, 3.05) is 6.61 Å². The number of carbonyl (C=O) groups is 2. The van der Waals surface area contributed by atoms with E-state index in [1.807, 2.05) is 44.2 Å². The highest BCUT2D eigenvalue weighted by Crippen LogP contribution is 2.15. The normalized spacial score (nSPS) is 10.9. The predicted octanol–water partition coefficient (Wildman–Crippen LogP) is 2.91.